The Balaban J connectivity index is 2.24. The van der Waals surface area contributed by atoms with E-state index in [9.17, 15) is 0 Å². The zero-order valence-corrected chi connectivity index (χ0v) is 8.34. The van der Waals surface area contributed by atoms with Gasteiger partial charge in [0.2, 0.25) is 0 Å². The zero-order chi connectivity index (χ0) is 8.97. The summed E-state index contributed by atoms with van der Waals surface area (Å²) in [5.74, 6) is 0. The van der Waals surface area contributed by atoms with Crippen LogP contribution in [0.25, 0.3) is 0 Å². The Morgan fingerprint density at radius 2 is 1.92 bits per heavy atom. The van der Waals surface area contributed by atoms with Crippen molar-refractivity contribution in [3.8, 4) is 0 Å². The van der Waals surface area contributed by atoms with Gasteiger partial charge in [0.25, 0.3) is 0 Å². The summed E-state index contributed by atoms with van der Waals surface area (Å²) in [6.07, 6.45) is 0.788. The van der Waals surface area contributed by atoms with E-state index in [-0.39, 0.29) is 0 Å². The summed E-state index contributed by atoms with van der Waals surface area (Å²) in [4.78, 5) is 2.45. The van der Waals surface area contributed by atoms with Crippen LogP contribution in [0.4, 0.5) is 0 Å². The van der Waals surface area contributed by atoms with Crippen LogP contribution in [0.3, 0.4) is 0 Å². The molecule has 2 atom stereocenters. The lowest BCUT2D eigenvalue weighted by molar-refractivity contribution is -0.0673. The maximum absolute atomic E-state index is 5.63. The van der Waals surface area contributed by atoms with E-state index < -0.39 is 0 Å². The fraction of sp³-hybridized carbons (Fsp3) is 1.00. The van der Waals surface area contributed by atoms with Gasteiger partial charge in [-0.25, -0.2) is 0 Å². The van der Waals surface area contributed by atoms with Crippen LogP contribution in [-0.2, 0) is 4.74 Å². The van der Waals surface area contributed by atoms with Gasteiger partial charge >= 0.3 is 0 Å². The molecular formula is C9H20N2O. The number of ether oxygens (including phenoxy) is 1. The van der Waals surface area contributed by atoms with Crippen molar-refractivity contribution in [1.82, 2.24) is 10.2 Å². The number of nitrogens with one attached hydrogen (secondary N) is 1. The predicted molar refractivity (Wildman–Crippen MR) is 50.4 cm³/mol. The Morgan fingerprint density at radius 1 is 1.33 bits per heavy atom. The fourth-order valence-electron chi connectivity index (χ4n) is 1.74. The molecule has 1 fully saturated rings. The molecule has 0 bridgehead atoms. The minimum Gasteiger partial charge on any atom is -0.373 e. The molecule has 0 aromatic rings. The average Bonchev–Trinajstić information content (AvgIpc) is 1.99. The molecule has 0 saturated carbocycles. The van der Waals surface area contributed by atoms with Gasteiger partial charge in [-0.05, 0) is 20.9 Å². The van der Waals surface area contributed by atoms with Crippen LogP contribution in [0.1, 0.15) is 13.8 Å². The van der Waals surface area contributed by atoms with Crippen LogP contribution < -0.4 is 5.32 Å². The largest absolute Gasteiger partial charge is 0.373 e. The maximum atomic E-state index is 5.63. The molecule has 3 nitrogen and oxygen atoms in total. The Labute approximate surface area is 75.1 Å². The van der Waals surface area contributed by atoms with E-state index in [0.717, 1.165) is 26.2 Å². The molecular weight excluding hydrogens is 152 g/mol. The number of hydrogen-bond donors (Lipinski definition) is 1. The second-order valence-corrected chi connectivity index (χ2v) is 3.62. The van der Waals surface area contributed by atoms with Gasteiger partial charge in [0, 0.05) is 26.2 Å². The Kier molecular flexibility index (Phi) is 3.98. The first kappa shape index (κ1) is 9.96. The molecule has 12 heavy (non-hydrogen) atoms. The maximum Gasteiger partial charge on any atom is 0.0678 e. The molecule has 0 aliphatic carbocycles. The van der Waals surface area contributed by atoms with Gasteiger partial charge in [0.05, 0.1) is 12.2 Å². The molecule has 1 aliphatic rings. The summed E-state index contributed by atoms with van der Waals surface area (Å²) in [5, 5.41) is 3.16. The van der Waals surface area contributed by atoms with Crippen LogP contribution in [-0.4, -0.2) is 50.3 Å². The van der Waals surface area contributed by atoms with Crippen LogP contribution >= 0.6 is 0 Å². The first-order valence-corrected chi connectivity index (χ1v) is 4.74. The molecule has 0 amide bonds. The first-order valence-electron chi connectivity index (χ1n) is 4.74. The zero-order valence-electron chi connectivity index (χ0n) is 8.34. The molecule has 3 heteroatoms. The summed E-state index contributed by atoms with van der Waals surface area (Å²) in [6.45, 7) is 8.64. The van der Waals surface area contributed by atoms with Crippen LogP contribution in [0.5, 0.6) is 0 Å². The van der Waals surface area contributed by atoms with Crippen molar-refractivity contribution in [2.45, 2.75) is 26.1 Å². The fourth-order valence-corrected chi connectivity index (χ4v) is 1.74. The monoisotopic (exact) mass is 172 g/mol. The van der Waals surface area contributed by atoms with Crippen molar-refractivity contribution in [2.24, 2.45) is 0 Å². The van der Waals surface area contributed by atoms with Crippen molar-refractivity contribution in [1.29, 1.82) is 0 Å². The van der Waals surface area contributed by atoms with E-state index in [1.54, 1.807) is 0 Å². The van der Waals surface area contributed by atoms with E-state index in [4.69, 9.17) is 4.74 Å². The molecule has 0 aromatic carbocycles. The quantitative estimate of drug-likeness (QED) is 0.663. The Hall–Kier alpha value is -0.120. The third kappa shape index (κ3) is 3.09. The molecule has 0 radical (unpaired) electrons. The molecule has 0 spiro atoms. The molecule has 72 valence electrons. The van der Waals surface area contributed by atoms with E-state index >= 15 is 0 Å². The number of morpholine rings is 1. The van der Waals surface area contributed by atoms with Gasteiger partial charge in [-0.15, -0.1) is 0 Å². The van der Waals surface area contributed by atoms with Crippen molar-refractivity contribution in [2.75, 3.05) is 33.2 Å². The average molecular weight is 172 g/mol. The van der Waals surface area contributed by atoms with Crippen LogP contribution in [0, 0.1) is 0 Å². The topological polar surface area (TPSA) is 24.5 Å². The van der Waals surface area contributed by atoms with Crippen LogP contribution in [0.15, 0.2) is 0 Å². The van der Waals surface area contributed by atoms with E-state index in [1.807, 2.05) is 7.05 Å². The molecule has 1 aliphatic heterocycles. The second-order valence-electron chi connectivity index (χ2n) is 3.62. The summed E-state index contributed by atoms with van der Waals surface area (Å²) in [6, 6.07) is 0. The number of nitrogens with zero attached hydrogens (tertiary/aromatic N) is 1. The third-order valence-electron chi connectivity index (χ3n) is 2.17. The minimum absolute atomic E-state index is 0.394. The molecule has 1 heterocycles. The van der Waals surface area contributed by atoms with Crippen molar-refractivity contribution in [3.63, 3.8) is 0 Å². The molecule has 1 rings (SSSR count). The van der Waals surface area contributed by atoms with Crippen molar-refractivity contribution < 1.29 is 4.74 Å². The first-order chi connectivity index (χ1) is 5.72. The second kappa shape index (κ2) is 4.80. The van der Waals surface area contributed by atoms with E-state index in [2.05, 4.69) is 24.1 Å². The molecule has 0 unspecified atom stereocenters. The lowest BCUT2D eigenvalue weighted by Crippen LogP contribution is -2.47. The number of rotatable bonds is 3. The SMILES string of the molecule is CNCCN1C[C@@H](C)O[C@H](C)C1. The third-order valence-corrected chi connectivity index (χ3v) is 2.17. The highest BCUT2D eigenvalue weighted by atomic mass is 16.5. The molecule has 1 saturated heterocycles. The van der Waals surface area contributed by atoms with Gasteiger partial charge in [0.15, 0.2) is 0 Å². The normalized spacial score (nSPS) is 32.2. The number of hydrogen-bond acceptors (Lipinski definition) is 3. The van der Waals surface area contributed by atoms with E-state index in [0.29, 0.717) is 12.2 Å². The summed E-state index contributed by atoms with van der Waals surface area (Å²) in [7, 11) is 1.99. The van der Waals surface area contributed by atoms with Crippen molar-refractivity contribution >= 4 is 0 Å². The minimum atomic E-state index is 0.394. The summed E-state index contributed by atoms with van der Waals surface area (Å²) in [5.41, 5.74) is 0. The highest BCUT2D eigenvalue weighted by Gasteiger charge is 2.20. The lowest BCUT2D eigenvalue weighted by atomic mass is 10.2. The van der Waals surface area contributed by atoms with Gasteiger partial charge in [-0.2, -0.15) is 0 Å². The smallest absolute Gasteiger partial charge is 0.0678 e. The molecule has 0 aromatic heterocycles. The lowest BCUT2D eigenvalue weighted by Gasteiger charge is -2.35. The standard InChI is InChI=1S/C9H20N2O/c1-8-6-11(5-4-10-3)7-9(2)12-8/h8-10H,4-7H2,1-3H3/t8-,9-/m1/s1. The number of likely N-dealkylation sites (N-methyl/N-ethyl adjacent to an activating group) is 1. The predicted octanol–water partition coefficient (Wildman–Crippen LogP) is 0.315. The highest BCUT2D eigenvalue weighted by molar-refractivity contribution is 4.73. The highest BCUT2D eigenvalue weighted by Crippen LogP contribution is 2.09. The van der Waals surface area contributed by atoms with Crippen LogP contribution in [0.2, 0.25) is 0 Å². The Bertz CT molecular complexity index is 120. The van der Waals surface area contributed by atoms with E-state index in [1.165, 1.54) is 0 Å². The summed E-state index contributed by atoms with van der Waals surface area (Å²) >= 11 is 0. The van der Waals surface area contributed by atoms with Gasteiger partial charge in [-0.1, -0.05) is 0 Å². The summed E-state index contributed by atoms with van der Waals surface area (Å²) < 4.78 is 5.63. The Morgan fingerprint density at radius 3 is 2.42 bits per heavy atom. The van der Waals surface area contributed by atoms with Gasteiger partial charge in [-0.3, -0.25) is 4.90 Å². The van der Waals surface area contributed by atoms with Gasteiger partial charge < -0.3 is 10.1 Å². The molecule has 1 N–H and O–H groups in total. The van der Waals surface area contributed by atoms with Crippen molar-refractivity contribution in [3.05, 3.63) is 0 Å². The van der Waals surface area contributed by atoms with Gasteiger partial charge in [0.1, 0.15) is 0 Å².